The highest BCUT2D eigenvalue weighted by Gasteiger charge is 2.40. The predicted molar refractivity (Wildman–Crippen MR) is 193 cm³/mol. The molecular weight excluding hydrogens is 669 g/mol. The number of hydrogen-bond donors (Lipinski definition) is 0. The van der Waals surface area contributed by atoms with Crippen molar-refractivity contribution in [2.24, 2.45) is 11.8 Å². The Bertz CT molecular complexity index is 1860. The third kappa shape index (κ3) is 8.38. The molecule has 1 aliphatic heterocycles. The van der Waals surface area contributed by atoms with Crippen LogP contribution in [0.5, 0.6) is 5.75 Å². The Balaban J connectivity index is 1.13. The number of nitrogens with zero attached hydrogens (tertiary/aromatic N) is 6. The van der Waals surface area contributed by atoms with E-state index in [0.717, 1.165) is 42.4 Å². The molecule has 6 rings (SSSR count). The van der Waals surface area contributed by atoms with Gasteiger partial charge in [0.25, 0.3) is 0 Å². The average Bonchev–Trinajstić information content (AvgIpc) is 3.61. The van der Waals surface area contributed by atoms with Gasteiger partial charge in [-0.3, -0.25) is 14.4 Å². The fraction of sp³-hybridized carbons (Fsp3) is 0.553. The first kappa shape index (κ1) is 36.4. The molecule has 2 aliphatic carbocycles. The SMILES string of the molecule is COc1ccc(C2CCC(CN(C(=O)C3CCC(OC(=O)N4CC(S(C)(=O)=O)C4)CC3)c3cc(-c4cnn(C(C)C)c4)ccn3)CC2)cc1C#N. The number of carbonyl (C=O) groups excluding carboxylic acids is 2. The smallest absolute Gasteiger partial charge is 0.410 e. The number of rotatable bonds is 10. The quantitative estimate of drug-likeness (QED) is 0.241. The first-order chi connectivity index (χ1) is 24.4. The molecule has 3 heterocycles. The fourth-order valence-corrected chi connectivity index (χ4v) is 8.44. The summed E-state index contributed by atoms with van der Waals surface area (Å²) in [5.41, 5.74) is 3.60. The van der Waals surface area contributed by atoms with Gasteiger partial charge < -0.3 is 14.4 Å². The monoisotopic (exact) mass is 716 g/mol. The summed E-state index contributed by atoms with van der Waals surface area (Å²) in [5.74, 6) is 1.65. The molecule has 0 radical (unpaired) electrons. The summed E-state index contributed by atoms with van der Waals surface area (Å²) in [6, 6.07) is 12.3. The molecule has 3 aromatic rings. The molecule has 0 atom stereocenters. The molecule has 0 unspecified atom stereocenters. The molecule has 2 aromatic heterocycles. The predicted octanol–water partition coefficient (Wildman–Crippen LogP) is 6.14. The Morgan fingerprint density at radius 1 is 1.02 bits per heavy atom. The number of sulfone groups is 1. The Hall–Kier alpha value is -4.44. The summed E-state index contributed by atoms with van der Waals surface area (Å²) in [6.45, 7) is 5.04. The van der Waals surface area contributed by atoms with E-state index in [1.807, 2.05) is 46.2 Å². The van der Waals surface area contributed by atoms with Crippen molar-refractivity contribution in [3.63, 3.8) is 0 Å². The van der Waals surface area contributed by atoms with E-state index in [2.05, 4.69) is 31.1 Å². The van der Waals surface area contributed by atoms with E-state index in [1.165, 1.54) is 11.2 Å². The molecule has 51 heavy (non-hydrogen) atoms. The van der Waals surface area contributed by atoms with Gasteiger partial charge in [0, 0.05) is 55.8 Å². The number of nitriles is 1. The number of benzene rings is 1. The third-order valence-corrected chi connectivity index (χ3v) is 12.4. The fourth-order valence-electron chi connectivity index (χ4n) is 7.54. The molecule has 13 heteroatoms. The minimum atomic E-state index is -3.18. The zero-order valence-corrected chi connectivity index (χ0v) is 30.7. The molecular formula is C38H48N6O6S. The van der Waals surface area contributed by atoms with Crippen LogP contribution in [0, 0.1) is 23.2 Å². The van der Waals surface area contributed by atoms with Gasteiger partial charge in [-0.15, -0.1) is 0 Å². The van der Waals surface area contributed by atoms with E-state index in [-0.39, 0.29) is 43.0 Å². The maximum atomic E-state index is 14.4. The van der Waals surface area contributed by atoms with Crippen LogP contribution in [-0.4, -0.2) is 84.4 Å². The second kappa shape index (κ2) is 15.4. The standard InChI is InChI=1S/C38H48N6O6S/c1-25(2)44-22-32(20-41-44)30-15-16-40-36(18-30)43(21-26-5-7-27(8-6-26)29-11-14-35(49-3)31(17-29)19-39)37(45)28-9-12-33(13-10-28)50-38(46)42-23-34(24-42)51(4,47)48/h11,14-18,20,22,25-28,33-34H,5-10,12-13,21,23-24H2,1-4H3. The third-order valence-electron chi connectivity index (χ3n) is 10.9. The number of ether oxygens (including phenoxy) is 2. The number of hydrogen-bond acceptors (Lipinski definition) is 9. The summed E-state index contributed by atoms with van der Waals surface area (Å²) in [6.07, 6.45) is 12.1. The van der Waals surface area contributed by atoms with Crippen molar-refractivity contribution in [1.82, 2.24) is 19.7 Å². The Labute approximate surface area is 300 Å². The maximum absolute atomic E-state index is 14.4. The molecule has 0 spiro atoms. The van der Waals surface area contributed by atoms with Crippen LogP contribution in [0.2, 0.25) is 0 Å². The number of aromatic nitrogens is 3. The Morgan fingerprint density at radius 3 is 2.37 bits per heavy atom. The van der Waals surface area contributed by atoms with Crippen LogP contribution in [0.3, 0.4) is 0 Å². The van der Waals surface area contributed by atoms with E-state index < -0.39 is 21.2 Å². The van der Waals surface area contributed by atoms with Gasteiger partial charge in [0.15, 0.2) is 9.84 Å². The second-order valence-corrected chi connectivity index (χ2v) is 17.0. The number of pyridine rings is 1. The molecule has 272 valence electrons. The van der Waals surface area contributed by atoms with Crippen LogP contribution in [0.1, 0.15) is 88.3 Å². The van der Waals surface area contributed by atoms with Gasteiger partial charge in [0.2, 0.25) is 5.91 Å². The highest BCUT2D eigenvalue weighted by Crippen LogP contribution is 2.39. The van der Waals surface area contributed by atoms with Crippen molar-refractivity contribution >= 4 is 27.7 Å². The van der Waals surface area contributed by atoms with Gasteiger partial charge in [0.05, 0.1) is 24.1 Å². The number of amides is 2. The van der Waals surface area contributed by atoms with Crippen LogP contribution < -0.4 is 9.64 Å². The molecule has 3 aliphatic rings. The van der Waals surface area contributed by atoms with E-state index in [0.29, 0.717) is 55.3 Å². The number of carbonyl (C=O) groups is 2. The van der Waals surface area contributed by atoms with Crippen molar-refractivity contribution in [1.29, 1.82) is 5.26 Å². The van der Waals surface area contributed by atoms with Crippen molar-refractivity contribution in [3.8, 4) is 22.9 Å². The largest absolute Gasteiger partial charge is 0.495 e. The molecule has 0 bridgehead atoms. The van der Waals surface area contributed by atoms with E-state index >= 15 is 0 Å². The molecule has 1 aromatic carbocycles. The van der Waals surface area contributed by atoms with Gasteiger partial charge in [-0.05, 0) is 112 Å². The van der Waals surface area contributed by atoms with Crippen LogP contribution >= 0.6 is 0 Å². The van der Waals surface area contributed by atoms with Gasteiger partial charge in [-0.25, -0.2) is 18.2 Å². The van der Waals surface area contributed by atoms with E-state index in [9.17, 15) is 23.3 Å². The zero-order chi connectivity index (χ0) is 36.3. The van der Waals surface area contributed by atoms with Gasteiger partial charge in [0.1, 0.15) is 23.7 Å². The van der Waals surface area contributed by atoms with Crippen LogP contribution in [0.15, 0.2) is 48.9 Å². The highest BCUT2D eigenvalue weighted by molar-refractivity contribution is 7.91. The van der Waals surface area contributed by atoms with Gasteiger partial charge in [-0.1, -0.05) is 6.07 Å². The Kier molecular flexibility index (Phi) is 11.0. The zero-order valence-electron chi connectivity index (χ0n) is 29.9. The van der Waals surface area contributed by atoms with Crippen molar-refractivity contribution in [3.05, 3.63) is 60.0 Å². The summed E-state index contributed by atoms with van der Waals surface area (Å²) in [5, 5.41) is 13.6. The van der Waals surface area contributed by atoms with Crippen LogP contribution in [0.4, 0.5) is 10.6 Å². The second-order valence-electron chi connectivity index (χ2n) is 14.7. The van der Waals surface area contributed by atoms with Crippen molar-refractivity contribution in [2.45, 2.75) is 88.5 Å². The summed E-state index contributed by atoms with van der Waals surface area (Å²) in [7, 11) is -1.61. The van der Waals surface area contributed by atoms with Gasteiger partial charge in [-0.2, -0.15) is 10.4 Å². The average molecular weight is 717 g/mol. The molecule has 3 fully saturated rings. The molecule has 2 amide bonds. The first-order valence-corrected chi connectivity index (χ1v) is 19.9. The number of anilines is 1. The number of likely N-dealkylation sites (tertiary alicyclic amines) is 1. The minimum Gasteiger partial charge on any atom is -0.495 e. The lowest BCUT2D eigenvalue weighted by Crippen LogP contribution is -2.57. The highest BCUT2D eigenvalue weighted by atomic mass is 32.2. The van der Waals surface area contributed by atoms with Crippen LogP contribution in [-0.2, 0) is 19.4 Å². The van der Waals surface area contributed by atoms with Crippen molar-refractivity contribution < 1.29 is 27.5 Å². The summed E-state index contributed by atoms with van der Waals surface area (Å²) >= 11 is 0. The van der Waals surface area contributed by atoms with Crippen molar-refractivity contribution in [2.75, 3.05) is 37.9 Å². The van der Waals surface area contributed by atoms with E-state index in [4.69, 9.17) is 14.5 Å². The summed E-state index contributed by atoms with van der Waals surface area (Å²) < 4.78 is 36.5. The molecule has 12 nitrogen and oxygen atoms in total. The van der Waals surface area contributed by atoms with E-state index in [1.54, 1.807) is 13.3 Å². The van der Waals surface area contributed by atoms with Gasteiger partial charge >= 0.3 is 6.09 Å². The molecule has 2 saturated carbocycles. The molecule has 0 N–H and O–H groups in total. The lowest BCUT2D eigenvalue weighted by atomic mass is 9.78. The molecule has 1 saturated heterocycles. The Morgan fingerprint density at radius 2 is 1.75 bits per heavy atom. The minimum absolute atomic E-state index is 0.0389. The van der Waals surface area contributed by atoms with Crippen LogP contribution in [0.25, 0.3) is 11.1 Å². The first-order valence-electron chi connectivity index (χ1n) is 18.0. The number of methoxy groups -OCH3 is 1. The normalized spacial score (nSPS) is 22.5. The topological polar surface area (TPSA) is 148 Å². The lowest BCUT2D eigenvalue weighted by molar-refractivity contribution is -0.124. The summed E-state index contributed by atoms with van der Waals surface area (Å²) in [4.78, 5) is 35.1. The maximum Gasteiger partial charge on any atom is 0.410 e. The lowest BCUT2D eigenvalue weighted by Gasteiger charge is -2.39.